The number of methoxy groups -OCH3 is 2. The van der Waals surface area contributed by atoms with Crippen LogP contribution in [0.15, 0.2) is 36.4 Å². The van der Waals surface area contributed by atoms with E-state index < -0.39 is 0 Å². The molecule has 1 aliphatic heterocycles. The van der Waals surface area contributed by atoms with E-state index in [9.17, 15) is 4.79 Å². The number of carbonyl (C=O) groups excluding carboxylic acids is 1. The number of hydrogen-bond acceptors (Lipinski definition) is 3. The molecule has 3 rings (SSSR count). The van der Waals surface area contributed by atoms with Crippen LogP contribution in [0, 0.1) is 13.8 Å². The minimum atomic E-state index is 0.0370. The summed E-state index contributed by atoms with van der Waals surface area (Å²) in [6.45, 7) is 4.87. The van der Waals surface area contributed by atoms with Gasteiger partial charge in [-0.05, 0) is 62.1 Å². The highest BCUT2D eigenvalue weighted by Gasteiger charge is 2.32. The van der Waals surface area contributed by atoms with Crippen molar-refractivity contribution in [3.8, 4) is 11.5 Å². The molecule has 0 radical (unpaired) electrons. The molecular weight excluding hydrogens is 314 g/mol. The van der Waals surface area contributed by atoms with Crippen molar-refractivity contribution in [1.82, 2.24) is 4.90 Å². The van der Waals surface area contributed by atoms with E-state index in [2.05, 4.69) is 6.92 Å². The Kier molecular flexibility index (Phi) is 4.98. The van der Waals surface area contributed by atoms with Crippen LogP contribution >= 0.6 is 0 Å². The summed E-state index contributed by atoms with van der Waals surface area (Å²) in [4.78, 5) is 15.0. The highest BCUT2D eigenvalue weighted by Crippen LogP contribution is 2.39. The number of ether oxygens (including phenoxy) is 2. The molecule has 0 aromatic heterocycles. The van der Waals surface area contributed by atoms with Gasteiger partial charge in [-0.2, -0.15) is 0 Å². The van der Waals surface area contributed by atoms with Crippen molar-refractivity contribution in [3.05, 3.63) is 58.7 Å². The highest BCUT2D eigenvalue weighted by atomic mass is 16.5. The zero-order chi connectivity index (χ0) is 18.0. The van der Waals surface area contributed by atoms with Gasteiger partial charge in [-0.25, -0.2) is 0 Å². The lowest BCUT2D eigenvalue weighted by atomic mass is 10.0. The van der Waals surface area contributed by atoms with Crippen molar-refractivity contribution < 1.29 is 14.3 Å². The van der Waals surface area contributed by atoms with Crippen LogP contribution in [0.1, 0.15) is 45.9 Å². The largest absolute Gasteiger partial charge is 0.497 e. The quantitative estimate of drug-likeness (QED) is 0.834. The number of aryl methyl sites for hydroxylation is 2. The summed E-state index contributed by atoms with van der Waals surface area (Å²) < 4.78 is 10.8. The van der Waals surface area contributed by atoms with Crippen molar-refractivity contribution in [1.29, 1.82) is 0 Å². The molecule has 1 aliphatic rings. The van der Waals surface area contributed by atoms with Crippen molar-refractivity contribution in [2.75, 3.05) is 20.8 Å². The number of likely N-dealkylation sites (tertiary alicyclic amines) is 1. The minimum Gasteiger partial charge on any atom is -0.497 e. The first-order valence-electron chi connectivity index (χ1n) is 8.65. The Balaban J connectivity index is 1.92. The van der Waals surface area contributed by atoms with E-state index in [1.54, 1.807) is 14.2 Å². The van der Waals surface area contributed by atoms with Crippen molar-refractivity contribution in [2.24, 2.45) is 0 Å². The Morgan fingerprint density at radius 3 is 2.52 bits per heavy atom. The van der Waals surface area contributed by atoms with Crippen LogP contribution in [0.2, 0.25) is 0 Å². The Morgan fingerprint density at radius 2 is 1.84 bits per heavy atom. The average molecular weight is 339 g/mol. The van der Waals surface area contributed by atoms with Gasteiger partial charge in [0.15, 0.2) is 0 Å². The van der Waals surface area contributed by atoms with Gasteiger partial charge in [0, 0.05) is 23.7 Å². The molecule has 0 saturated carbocycles. The third kappa shape index (κ3) is 3.34. The Morgan fingerprint density at radius 1 is 1.04 bits per heavy atom. The van der Waals surface area contributed by atoms with Gasteiger partial charge >= 0.3 is 0 Å². The highest BCUT2D eigenvalue weighted by molar-refractivity contribution is 5.95. The summed E-state index contributed by atoms with van der Waals surface area (Å²) in [5.74, 6) is 1.61. The maximum Gasteiger partial charge on any atom is 0.254 e. The number of hydrogen-bond donors (Lipinski definition) is 0. The zero-order valence-electron chi connectivity index (χ0n) is 15.3. The van der Waals surface area contributed by atoms with Crippen LogP contribution in [0.3, 0.4) is 0 Å². The number of benzene rings is 2. The van der Waals surface area contributed by atoms with Crippen molar-refractivity contribution in [2.45, 2.75) is 32.7 Å². The molecule has 0 spiro atoms. The van der Waals surface area contributed by atoms with Crippen LogP contribution in [-0.4, -0.2) is 31.6 Å². The van der Waals surface area contributed by atoms with E-state index in [-0.39, 0.29) is 11.9 Å². The average Bonchev–Trinajstić information content (AvgIpc) is 3.12. The number of carbonyl (C=O) groups is 1. The maximum atomic E-state index is 13.1. The second-order valence-corrected chi connectivity index (χ2v) is 6.56. The molecule has 1 fully saturated rings. The third-order valence-corrected chi connectivity index (χ3v) is 5.07. The predicted octanol–water partition coefficient (Wildman–Crippen LogP) is 4.30. The minimum absolute atomic E-state index is 0.0370. The summed E-state index contributed by atoms with van der Waals surface area (Å²) in [7, 11) is 3.29. The Labute approximate surface area is 149 Å². The fourth-order valence-electron chi connectivity index (χ4n) is 3.47. The molecule has 0 aliphatic carbocycles. The summed E-state index contributed by atoms with van der Waals surface area (Å²) >= 11 is 0. The fraction of sp³-hybridized carbons (Fsp3) is 0.381. The van der Waals surface area contributed by atoms with Crippen molar-refractivity contribution in [3.63, 3.8) is 0 Å². The molecule has 0 N–H and O–H groups in total. The SMILES string of the molecule is COc1ccc([C@@H]2CCCN2C(=O)c2ccc(C)c(C)c2)c(OC)c1. The predicted molar refractivity (Wildman–Crippen MR) is 98.5 cm³/mol. The van der Waals surface area contributed by atoms with Crippen LogP contribution < -0.4 is 9.47 Å². The van der Waals surface area contributed by atoms with Gasteiger partial charge in [0.1, 0.15) is 11.5 Å². The molecule has 1 atom stereocenters. The molecule has 132 valence electrons. The van der Waals surface area contributed by atoms with Crippen LogP contribution in [0.25, 0.3) is 0 Å². The van der Waals surface area contributed by atoms with Gasteiger partial charge in [-0.3, -0.25) is 4.79 Å². The summed E-state index contributed by atoms with van der Waals surface area (Å²) in [6, 6.07) is 11.8. The topological polar surface area (TPSA) is 38.8 Å². The van der Waals surface area contributed by atoms with Crippen LogP contribution in [-0.2, 0) is 0 Å². The summed E-state index contributed by atoms with van der Waals surface area (Å²) in [5, 5.41) is 0. The van der Waals surface area contributed by atoms with Crippen molar-refractivity contribution >= 4 is 5.91 Å². The van der Waals surface area contributed by atoms with E-state index in [1.165, 1.54) is 5.56 Å². The second-order valence-electron chi connectivity index (χ2n) is 6.56. The van der Waals surface area contributed by atoms with E-state index in [1.807, 2.05) is 48.2 Å². The lowest BCUT2D eigenvalue weighted by Gasteiger charge is -2.27. The molecular formula is C21H25NO3. The van der Waals surface area contributed by atoms with Crippen LogP contribution in [0.4, 0.5) is 0 Å². The molecule has 1 saturated heterocycles. The normalized spacial score (nSPS) is 16.8. The number of amides is 1. The van der Waals surface area contributed by atoms with Crippen LogP contribution in [0.5, 0.6) is 11.5 Å². The van der Waals surface area contributed by atoms with E-state index >= 15 is 0 Å². The first-order valence-corrected chi connectivity index (χ1v) is 8.65. The first kappa shape index (κ1) is 17.3. The van der Waals surface area contributed by atoms with E-state index in [0.717, 1.165) is 47.6 Å². The monoisotopic (exact) mass is 339 g/mol. The van der Waals surface area contributed by atoms with Gasteiger partial charge in [0.05, 0.1) is 20.3 Å². The van der Waals surface area contributed by atoms with Gasteiger partial charge in [-0.15, -0.1) is 0 Å². The standard InChI is InChI=1S/C21H25NO3/c1-14-7-8-16(12-15(14)2)21(23)22-11-5-6-19(22)18-10-9-17(24-3)13-20(18)25-4/h7-10,12-13,19H,5-6,11H2,1-4H3/t19-/m0/s1. The lowest BCUT2D eigenvalue weighted by Crippen LogP contribution is -2.30. The summed E-state index contributed by atoms with van der Waals surface area (Å²) in [6.07, 6.45) is 1.94. The Hall–Kier alpha value is -2.49. The maximum absolute atomic E-state index is 13.1. The molecule has 25 heavy (non-hydrogen) atoms. The zero-order valence-corrected chi connectivity index (χ0v) is 15.3. The van der Waals surface area contributed by atoms with Gasteiger partial charge in [0.25, 0.3) is 5.91 Å². The van der Waals surface area contributed by atoms with E-state index in [0.29, 0.717) is 0 Å². The molecule has 2 aromatic rings. The van der Waals surface area contributed by atoms with Gasteiger partial charge in [0.2, 0.25) is 0 Å². The molecule has 1 heterocycles. The number of rotatable bonds is 4. The summed E-state index contributed by atoms with van der Waals surface area (Å²) in [5.41, 5.74) is 4.13. The van der Waals surface area contributed by atoms with E-state index in [4.69, 9.17) is 9.47 Å². The number of nitrogens with zero attached hydrogens (tertiary/aromatic N) is 1. The molecule has 0 bridgehead atoms. The lowest BCUT2D eigenvalue weighted by molar-refractivity contribution is 0.0734. The smallest absolute Gasteiger partial charge is 0.254 e. The Bertz CT molecular complexity index is 785. The third-order valence-electron chi connectivity index (χ3n) is 5.07. The first-order chi connectivity index (χ1) is 12.0. The second kappa shape index (κ2) is 7.18. The van der Waals surface area contributed by atoms with Gasteiger partial charge in [-0.1, -0.05) is 6.07 Å². The fourth-order valence-corrected chi connectivity index (χ4v) is 3.47. The molecule has 4 nitrogen and oxygen atoms in total. The molecule has 4 heteroatoms. The van der Waals surface area contributed by atoms with Gasteiger partial charge < -0.3 is 14.4 Å². The molecule has 0 unspecified atom stereocenters. The molecule has 1 amide bonds. The molecule has 2 aromatic carbocycles.